The molecular formula is C13H11F2N3O3S2. The van der Waals surface area contributed by atoms with Crippen molar-refractivity contribution >= 4 is 32.4 Å². The molecule has 1 amide bonds. The maximum atomic E-state index is 13.2. The first-order chi connectivity index (χ1) is 10.9. The molecule has 1 aliphatic rings. The predicted molar refractivity (Wildman–Crippen MR) is 79.9 cm³/mol. The quantitative estimate of drug-likeness (QED) is 0.876. The maximum Gasteiger partial charge on any atom is 0.263 e. The van der Waals surface area contributed by atoms with Crippen LogP contribution < -0.4 is 10.0 Å². The molecule has 10 heteroatoms. The molecule has 0 saturated heterocycles. The number of benzene rings is 1. The number of hydrogen-bond donors (Lipinski definition) is 2. The van der Waals surface area contributed by atoms with E-state index in [9.17, 15) is 22.0 Å². The molecule has 2 N–H and O–H groups in total. The molecule has 0 saturated carbocycles. The van der Waals surface area contributed by atoms with Crippen LogP contribution in [0.1, 0.15) is 21.8 Å². The Labute approximate surface area is 134 Å². The first-order valence-corrected chi connectivity index (χ1v) is 8.92. The zero-order valence-corrected chi connectivity index (χ0v) is 13.2. The van der Waals surface area contributed by atoms with Gasteiger partial charge in [0.25, 0.3) is 15.9 Å². The number of thiazole rings is 1. The van der Waals surface area contributed by atoms with E-state index in [1.54, 1.807) is 0 Å². The Morgan fingerprint density at radius 2 is 2.04 bits per heavy atom. The van der Waals surface area contributed by atoms with Gasteiger partial charge >= 0.3 is 0 Å². The van der Waals surface area contributed by atoms with E-state index in [-0.39, 0.29) is 11.0 Å². The van der Waals surface area contributed by atoms with E-state index >= 15 is 0 Å². The van der Waals surface area contributed by atoms with Crippen LogP contribution in [0.15, 0.2) is 23.1 Å². The van der Waals surface area contributed by atoms with Crippen molar-refractivity contribution in [2.45, 2.75) is 17.7 Å². The summed E-state index contributed by atoms with van der Waals surface area (Å²) < 4.78 is 52.7. The lowest BCUT2D eigenvalue weighted by molar-refractivity contribution is 0.0960. The van der Waals surface area contributed by atoms with Gasteiger partial charge in [0.2, 0.25) is 0 Å². The number of fused-ring (bicyclic) bond motifs is 1. The zero-order chi connectivity index (χ0) is 16.6. The molecule has 6 nitrogen and oxygen atoms in total. The second kappa shape index (κ2) is 5.85. The molecule has 0 spiro atoms. The van der Waals surface area contributed by atoms with Gasteiger partial charge in [-0.1, -0.05) is 11.3 Å². The van der Waals surface area contributed by atoms with Gasteiger partial charge in [-0.15, -0.1) is 0 Å². The van der Waals surface area contributed by atoms with Crippen LogP contribution >= 0.6 is 11.3 Å². The van der Waals surface area contributed by atoms with Gasteiger partial charge in [-0.25, -0.2) is 22.2 Å². The van der Waals surface area contributed by atoms with Gasteiger partial charge in [-0.3, -0.25) is 9.52 Å². The lowest BCUT2D eigenvalue weighted by atomic mass is 10.2. The van der Waals surface area contributed by atoms with Crippen LogP contribution in [0.4, 0.5) is 13.9 Å². The highest BCUT2D eigenvalue weighted by atomic mass is 32.2. The molecule has 23 heavy (non-hydrogen) atoms. The monoisotopic (exact) mass is 359 g/mol. The number of carbonyl (C=O) groups is 1. The second-order valence-electron chi connectivity index (χ2n) is 4.84. The van der Waals surface area contributed by atoms with E-state index in [4.69, 9.17) is 0 Å². The fourth-order valence-corrected chi connectivity index (χ4v) is 4.27. The minimum Gasteiger partial charge on any atom is -0.351 e. The summed E-state index contributed by atoms with van der Waals surface area (Å²) in [6, 6.07) is 2.27. The summed E-state index contributed by atoms with van der Waals surface area (Å²) in [5.74, 6) is -2.70. The molecule has 2 aromatic rings. The van der Waals surface area contributed by atoms with E-state index in [2.05, 4.69) is 15.0 Å². The molecule has 1 aromatic heterocycles. The van der Waals surface area contributed by atoms with Crippen LogP contribution in [-0.4, -0.2) is 25.9 Å². The molecule has 2 heterocycles. The Balaban J connectivity index is 1.90. The first-order valence-electron chi connectivity index (χ1n) is 6.62. The number of anilines is 1. The second-order valence-corrected chi connectivity index (χ2v) is 7.52. The largest absolute Gasteiger partial charge is 0.351 e. The van der Waals surface area contributed by atoms with Gasteiger partial charge in [0.1, 0.15) is 4.88 Å². The van der Waals surface area contributed by atoms with Crippen molar-refractivity contribution in [2.24, 2.45) is 0 Å². The highest BCUT2D eigenvalue weighted by Gasteiger charge is 2.24. The Hall–Kier alpha value is -2.07. The SMILES string of the molecule is O=C1NCCCc2nc(NS(=O)(=O)c3ccc(F)c(F)c3)sc21. The summed E-state index contributed by atoms with van der Waals surface area (Å²) in [4.78, 5) is 15.9. The van der Waals surface area contributed by atoms with Gasteiger partial charge in [0.05, 0.1) is 10.6 Å². The van der Waals surface area contributed by atoms with E-state index in [0.717, 1.165) is 23.5 Å². The third-order valence-corrected chi connectivity index (χ3v) is 5.68. The van der Waals surface area contributed by atoms with E-state index in [1.165, 1.54) is 0 Å². The number of carbonyl (C=O) groups excluding carboxylic acids is 1. The molecule has 122 valence electrons. The summed E-state index contributed by atoms with van der Waals surface area (Å²) >= 11 is 0.904. The number of amides is 1. The van der Waals surface area contributed by atoms with Gasteiger partial charge in [-0.2, -0.15) is 0 Å². The van der Waals surface area contributed by atoms with Gasteiger partial charge in [-0.05, 0) is 31.0 Å². The van der Waals surface area contributed by atoms with Crippen molar-refractivity contribution in [1.82, 2.24) is 10.3 Å². The molecule has 0 bridgehead atoms. The first kappa shape index (κ1) is 15.8. The predicted octanol–water partition coefficient (Wildman–Crippen LogP) is 1.90. The van der Waals surface area contributed by atoms with Crippen LogP contribution in [0.25, 0.3) is 0 Å². The maximum absolute atomic E-state index is 13.2. The van der Waals surface area contributed by atoms with Crippen LogP contribution in [-0.2, 0) is 16.4 Å². The molecular weight excluding hydrogens is 348 g/mol. The lowest BCUT2D eigenvalue weighted by Gasteiger charge is -2.05. The highest BCUT2D eigenvalue weighted by Crippen LogP contribution is 2.27. The lowest BCUT2D eigenvalue weighted by Crippen LogP contribution is -2.21. The summed E-state index contributed by atoms with van der Waals surface area (Å²) in [6.45, 7) is 0.540. The minimum atomic E-state index is -4.12. The Morgan fingerprint density at radius 1 is 1.26 bits per heavy atom. The Bertz CT molecular complexity index is 881. The number of sulfonamides is 1. The number of rotatable bonds is 3. The van der Waals surface area contributed by atoms with Crippen molar-refractivity contribution < 1.29 is 22.0 Å². The molecule has 0 fully saturated rings. The molecule has 0 aliphatic carbocycles. The van der Waals surface area contributed by atoms with Crippen LogP contribution in [0.3, 0.4) is 0 Å². The third kappa shape index (κ3) is 3.17. The molecule has 1 aromatic carbocycles. The van der Waals surface area contributed by atoms with Crippen LogP contribution in [0.2, 0.25) is 0 Å². The fraction of sp³-hybridized carbons (Fsp3) is 0.231. The number of halogens is 2. The molecule has 0 unspecified atom stereocenters. The average Bonchev–Trinajstić information content (AvgIpc) is 2.80. The average molecular weight is 359 g/mol. The summed E-state index contributed by atoms with van der Waals surface area (Å²) in [5, 5.41) is 2.70. The van der Waals surface area contributed by atoms with Gasteiger partial charge in [0.15, 0.2) is 16.8 Å². The number of hydrogen-bond acceptors (Lipinski definition) is 5. The normalized spacial score (nSPS) is 14.8. The molecule has 0 radical (unpaired) electrons. The number of aryl methyl sites for hydroxylation is 1. The smallest absolute Gasteiger partial charge is 0.263 e. The Morgan fingerprint density at radius 3 is 2.78 bits per heavy atom. The van der Waals surface area contributed by atoms with Crippen LogP contribution in [0.5, 0.6) is 0 Å². The van der Waals surface area contributed by atoms with Crippen molar-refractivity contribution in [3.63, 3.8) is 0 Å². The summed E-state index contributed by atoms with van der Waals surface area (Å²) in [6.07, 6.45) is 1.26. The van der Waals surface area contributed by atoms with Crippen molar-refractivity contribution in [1.29, 1.82) is 0 Å². The van der Waals surface area contributed by atoms with Crippen molar-refractivity contribution in [3.8, 4) is 0 Å². The van der Waals surface area contributed by atoms with Gasteiger partial charge < -0.3 is 5.32 Å². The van der Waals surface area contributed by atoms with Crippen molar-refractivity contribution in [3.05, 3.63) is 40.4 Å². The topological polar surface area (TPSA) is 88.2 Å². The molecule has 1 aliphatic heterocycles. The summed E-state index contributed by atoms with van der Waals surface area (Å²) in [5.41, 5.74) is 0.521. The fourth-order valence-electron chi connectivity index (χ4n) is 2.10. The van der Waals surface area contributed by atoms with Crippen molar-refractivity contribution in [2.75, 3.05) is 11.3 Å². The third-order valence-electron chi connectivity index (χ3n) is 3.20. The standard InChI is InChI=1S/C13H11F2N3O3S2/c14-8-4-3-7(6-9(8)15)23(20,21)18-13-17-10-2-1-5-16-12(19)11(10)22-13/h3-4,6H,1-2,5H2,(H,16,19)(H,17,18). The van der Waals surface area contributed by atoms with E-state index in [1.807, 2.05) is 0 Å². The number of nitrogens with zero attached hydrogens (tertiary/aromatic N) is 1. The minimum absolute atomic E-state index is 0.0109. The highest BCUT2D eigenvalue weighted by molar-refractivity contribution is 7.93. The van der Waals surface area contributed by atoms with Gasteiger partial charge in [0, 0.05) is 6.54 Å². The molecule has 0 atom stereocenters. The van der Waals surface area contributed by atoms with E-state index < -0.39 is 26.6 Å². The molecule has 3 rings (SSSR count). The zero-order valence-electron chi connectivity index (χ0n) is 11.6. The Kier molecular flexibility index (Phi) is 4.02. The van der Waals surface area contributed by atoms with Crippen LogP contribution in [0, 0.1) is 11.6 Å². The van der Waals surface area contributed by atoms with E-state index in [0.29, 0.717) is 36.0 Å². The number of aromatic nitrogens is 1. The summed E-state index contributed by atoms with van der Waals surface area (Å²) in [7, 11) is -4.12. The number of nitrogens with one attached hydrogen (secondary N) is 2.